The average Bonchev–Trinajstić information content (AvgIpc) is 3.27. The van der Waals surface area contributed by atoms with Gasteiger partial charge >= 0.3 is 5.97 Å². The maximum Gasteiger partial charge on any atom is 0.338 e. The molecule has 9 nitrogen and oxygen atoms in total. The van der Waals surface area contributed by atoms with Gasteiger partial charge in [-0.15, -0.1) is 0 Å². The van der Waals surface area contributed by atoms with Crippen LogP contribution in [0.1, 0.15) is 41.6 Å². The van der Waals surface area contributed by atoms with Crippen LogP contribution in [0.4, 0.5) is 5.69 Å². The molecule has 0 bridgehead atoms. The second-order valence-corrected chi connectivity index (χ2v) is 9.51. The van der Waals surface area contributed by atoms with Crippen LogP contribution < -0.4 is 14.8 Å². The Morgan fingerprint density at radius 3 is 2.39 bits per heavy atom. The minimum atomic E-state index is -4.08. The van der Waals surface area contributed by atoms with Crippen molar-refractivity contribution in [2.45, 2.75) is 43.0 Å². The number of sulfonamides is 1. The van der Waals surface area contributed by atoms with E-state index < -0.39 is 34.0 Å². The minimum Gasteiger partial charge on any atom is -0.495 e. The van der Waals surface area contributed by atoms with Gasteiger partial charge in [-0.3, -0.25) is 9.52 Å². The number of benzene rings is 2. The number of nitrogens with zero attached hydrogens (tertiary/aromatic N) is 1. The number of carbonyl (C=O) groups is 2. The second-order valence-electron chi connectivity index (χ2n) is 7.86. The van der Waals surface area contributed by atoms with E-state index in [2.05, 4.69) is 16.1 Å². The zero-order chi connectivity index (χ0) is 24.1. The largest absolute Gasteiger partial charge is 0.495 e. The van der Waals surface area contributed by atoms with Gasteiger partial charge in [-0.25, -0.2) is 13.2 Å². The Morgan fingerprint density at radius 1 is 1.12 bits per heavy atom. The summed E-state index contributed by atoms with van der Waals surface area (Å²) in [4.78, 5) is 24.4. The van der Waals surface area contributed by atoms with Crippen LogP contribution >= 0.6 is 0 Å². The molecule has 0 unspecified atom stereocenters. The van der Waals surface area contributed by atoms with Crippen molar-refractivity contribution in [3.8, 4) is 11.8 Å². The molecule has 3 rings (SSSR count). The molecule has 2 N–H and O–H groups in total. The molecule has 2 aromatic rings. The van der Waals surface area contributed by atoms with Gasteiger partial charge in [0.1, 0.15) is 16.2 Å². The van der Waals surface area contributed by atoms with Crippen molar-refractivity contribution >= 4 is 27.6 Å². The summed E-state index contributed by atoms with van der Waals surface area (Å²) in [6.45, 7) is 1.29. The van der Waals surface area contributed by atoms with Crippen molar-refractivity contribution < 1.29 is 27.5 Å². The monoisotopic (exact) mass is 471 g/mol. The van der Waals surface area contributed by atoms with Gasteiger partial charge in [0.25, 0.3) is 15.9 Å². The third-order valence-corrected chi connectivity index (χ3v) is 6.78. The first kappa shape index (κ1) is 24.1. The molecule has 1 fully saturated rings. The van der Waals surface area contributed by atoms with Crippen molar-refractivity contribution in [1.82, 2.24) is 5.32 Å². The van der Waals surface area contributed by atoms with Gasteiger partial charge < -0.3 is 14.8 Å². The van der Waals surface area contributed by atoms with Crippen LogP contribution in [0.2, 0.25) is 0 Å². The standard InChI is InChI=1S/C23H25N3O6S/c1-16-5-8-18(9-6-16)26-33(29,30)20-13-17(7-10-19(20)31-2)22(28)32-14-21(27)25-23(15-24)11-3-4-12-23/h5-10,13,26H,3-4,11-12,14H2,1-2H3,(H,25,27). The minimum absolute atomic E-state index is 0.0427. The highest BCUT2D eigenvalue weighted by atomic mass is 32.2. The maximum absolute atomic E-state index is 12.9. The third-order valence-electron chi connectivity index (χ3n) is 5.38. The number of nitrogens with one attached hydrogen (secondary N) is 2. The fraction of sp³-hybridized carbons (Fsp3) is 0.348. The molecular formula is C23H25N3O6S. The number of ether oxygens (including phenoxy) is 2. The Bertz CT molecular complexity index is 1180. The molecule has 0 radical (unpaired) electrons. The van der Waals surface area contributed by atoms with E-state index in [1.165, 1.54) is 19.2 Å². The first-order valence-electron chi connectivity index (χ1n) is 10.3. The Morgan fingerprint density at radius 2 is 1.79 bits per heavy atom. The van der Waals surface area contributed by atoms with E-state index in [1.54, 1.807) is 24.3 Å². The van der Waals surface area contributed by atoms with Crippen LogP contribution in [0.5, 0.6) is 5.75 Å². The smallest absolute Gasteiger partial charge is 0.338 e. The Labute approximate surface area is 192 Å². The van der Waals surface area contributed by atoms with E-state index in [0.29, 0.717) is 18.5 Å². The predicted molar refractivity (Wildman–Crippen MR) is 120 cm³/mol. The second kappa shape index (κ2) is 9.92. The molecule has 1 aliphatic carbocycles. The van der Waals surface area contributed by atoms with Crippen molar-refractivity contribution in [2.24, 2.45) is 0 Å². The van der Waals surface area contributed by atoms with Crippen LogP contribution in [0.3, 0.4) is 0 Å². The summed E-state index contributed by atoms with van der Waals surface area (Å²) in [6.07, 6.45) is 2.79. The summed E-state index contributed by atoms with van der Waals surface area (Å²) < 4.78 is 38.5. The van der Waals surface area contributed by atoms with Gasteiger partial charge in [0.15, 0.2) is 6.61 Å². The zero-order valence-electron chi connectivity index (χ0n) is 18.4. The molecule has 0 spiro atoms. The molecule has 0 heterocycles. The normalized spacial score (nSPS) is 14.7. The molecule has 1 saturated carbocycles. The van der Waals surface area contributed by atoms with Crippen LogP contribution in [-0.4, -0.2) is 39.5 Å². The van der Waals surface area contributed by atoms with Crippen molar-refractivity contribution in [2.75, 3.05) is 18.4 Å². The lowest BCUT2D eigenvalue weighted by Gasteiger charge is -2.21. The van der Waals surface area contributed by atoms with E-state index >= 15 is 0 Å². The van der Waals surface area contributed by atoms with E-state index in [-0.39, 0.29) is 16.2 Å². The number of amides is 1. The van der Waals surface area contributed by atoms with E-state index in [4.69, 9.17) is 9.47 Å². The number of carbonyl (C=O) groups excluding carboxylic acids is 2. The van der Waals surface area contributed by atoms with Crippen molar-refractivity contribution in [3.63, 3.8) is 0 Å². The summed E-state index contributed by atoms with van der Waals surface area (Å²) in [6, 6.07) is 12.7. The number of nitriles is 1. The molecule has 0 saturated heterocycles. The molecule has 0 aliphatic heterocycles. The zero-order valence-corrected chi connectivity index (χ0v) is 19.2. The summed E-state index contributed by atoms with van der Waals surface area (Å²) in [5, 5.41) is 12.0. The van der Waals surface area contributed by atoms with E-state index in [0.717, 1.165) is 24.5 Å². The van der Waals surface area contributed by atoms with Gasteiger partial charge in [-0.05, 0) is 62.9 Å². The lowest BCUT2D eigenvalue weighted by molar-refractivity contribution is -0.125. The number of rotatable bonds is 8. The molecular weight excluding hydrogens is 446 g/mol. The average molecular weight is 472 g/mol. The quantitative estimate of drug-likeness (QED) is 0.565. The predicted octanol–water partition coefficient (Wildman–Crippen LogP) is 2.91. The first-order valence-corrected chi connectivity index (χ1v) is 11.8. The highest BCUT2D eigenvalue weighted by Crippen LogP contribution is 2.29. The SMILES string of the molecule is COc1ccc(C(=O)OCC(=O)NC2(C#N)CCCC2)cc1S(=O)(=O)Nc1ccc(C)cc1. The Balaban J connectivity index is 1.72. The first-order chi connectivity index (χ1) is 15.7. The number of hydrogen-bond donors (Lipinski definition) is 2. The molecule has 0 aromatic heterocycles. The Hall–Kier alpha value is -3.58. The lowest BCUT2D eigenvalue weighted by Crippen LogP contribution is -2.46. The van der Waals surface area contributed by atoms with Gasteiger partial charge in [0.2, 0.25) is 0 Å². The Kier molecular flexibility index (Phi) is 7.23. The molecule has 174 valence electrons. The number of anilines is 1. The summed E-state index contributed by atoms with van der Waals surface area (Å²) in [5.74, 6) is -1.42. The topological polar surface area (TPSA) is 135 Å². The number of esters is 1. The number of hydrogen-bond acceptors (Lipinski definition) is 7. The number of methoxy groups -OCH3 is 1. The van der Waals surface area contributed by atoms with Crippen LogP contribution in [0.25, 0.3) is 0 Å². The van der Waals surface area contributed by atoms with Gasteiger partial charge in [-0.2, -0.15) is 5.26 Å². The summed E-state index contributed by atoms with van der Waals surface area (Å²) >= 11 is 0. The van der Waals surface area contributed by atoms with Crippen molar-refractivity contribution in [3.05, 3.63) is 53.6 Å². The lowest BCUT2D eigenvalue weighted by atomic mass is 10.00. The van der Waals surface area contributed by atoms with Crippen molar-refractivity contribution in [1.29, 1.82) is 5.26 Å². The molecule has 33 heavy (non-hydrogen) atoms. The fourth-order valence-electron chi connectivity index (χ4n) is 3.61. The molecule has 1 amide bonds. The molecule has 2 aromatic carbocycles. The van der Waals surface area contributed by atoms with Gasteiger partial charge in [0.05, 0.1) is 18.7 Å². The third kappa shape index (κ3) is 5.81. The summed E-state index contributed by atoms with van der Waals surface area (Å²) in [5.41, 5.74) is 0.333. The maximum atomic E-state index is 12.9. The molecule has 0 atom stereocenters. The van der Waals surface area contributed by atoms with Crippen LogP contribution in [0, 0.1) is 18.3 Å². The van der Waals surface area contributed by atoms with E-state index in [9.17, 15) is 23.3 Å². The van der Waals surface area contributed by atoms with Crippen LogP contribution in [0.15, 0.2) is 47.4 Å². The van der Waals surface area contributed by atoms with Crippen LogP contribution in [-0.2, 0) is 19.6 Å². The van der Waals surface area contributed by atoms with E-state index in [1.807, 2.05) is 6.92 Å². The fourth-order valence-corrected chi connectivity index (χ4v) is 4.86. The molecule has 10 heteroatoms. The van der Waals surface area contributed by atoms with Gasteiger partial charge in [0, 0.05) is 5.69 Å². The highest BCUT2D eigenvalue weighted by Gasteiger charge is 2.35. The number of aryl methyl sites for hydroxylation is 1. The summed E-state index contributed by atoms with van der Waals surface area (Å²) in [7, 11) is -2.77. The highest BCUT2D eigenvalue weighted by molar-refractivity contribution is 7.92. The molecule has 1 aliphatic rings. The van der Waals surface area contributed by atoms with Gasteiger partial charge in [-0.1, -0.05) is 17.7 Å².